The van der Waals surface area contributed by atoms with Gasteiger partial charge in [0.2, 0.25) is 17.7 Å². The summed E-state index contributed by atoms with van der Waals surface area (Å²) in [5.41, 5.74) is -1.31. The van der Waals surface area contributed by atoms with Crippen molar-refractivity contribution in [3.63, 3.8) is 0 Å². The van der Waals surface area contributed by atoms with Gasteiger partial charge in [0.05, 0.1) is 30.1 Å². The molecule has 1 aromatic rings. The molecule has 8 heteroatoms. The molecular weight excluding hydrogens is 482 g/mol. The minimum Gasteiger partial charge on any atom is -0.394 e. The van der Waals surface area contributed by atoms with E-state index < -0.39 is 35.1 Å². The summed E-state index contributed by atoms with van der Waals surface area (Å²) in [5, 5.41) is 10.5. The van der Waals surface area contributed by atoms with Gasteiger partial charge < -0.3 is 24.5 Å². The van der Waals surface area contributed by atoms with Gasteiger partial charge in [-0.25, -0.2) is 0 Å². The lowest BCUT2D eigenvalue weighted by atomic mass is 9.73. The number of benzene rings is 1. The van der Waals surface area contributed by atoms with E-state index in [2.05, 4.69) is 0 Å². The van der Waals surface area contributed by atoms with Crippen molar-refractivity contribution >= 4 is 17.7 Å². The Balaban J connectivity index is 1.67. The fourth-order valence-electron chi connectivity index (χ4n) is 6.99. The van der Waals surface area contributed by atoms with Crippen LogP contribution in [0.2, 0.25) is 0 Å². The average Bonchev–Trinajstić information content (AvgIpc) is 3.23. The zero-order valence-electron chi connectivity index (χ0n) is 22.7. The van der Waals surface area contributed by atoms with Crippen LogP contribution in [0.1, 0.15) is 39.2 Å². The van der Waals surface area contributed by atoms with Crippen molar-refractivity contribution in [2.45, 2.75) is 63.4 Å². The van der Waals surface area contributed by atoms with Crippen molar-refractivity contribution in [3.8, 4) is 0 Å². The maximum absolute atomic E-state index is 14.5. The normalized spacial score (nSPS) is 34.1. The van der Waals surface area contributed by atoms with E-state index in [-0.39, 0.29) is 30.2 Å². The first-order valence-corrected chi connectivity index (χ1v) is 13.8. The molecule has 38 heavy (non-hydrogen) atoms. The number of aliphatic hydroxyl groups excluding tert-OH is 1. The van der Waals surface area contributed by atoms with E-state index in [0.717, 1.165) is 12.0 Å². The van der Waals surface area contributed by atoms with Gasteiger partial charge in [-0.2, -0.15) is 0 Å². The lowest BCUT2D eigenvalue weighted by molar-refractivity contribution is -0.158. The zero-order valence-corrected chi connectivity index (χ0v) is 22.7. The summed E-state index contributed by atoms with van der Waals surface area (Å²) in [6.07, 6.45) is 8.87. The van der Waals surface area contributed by atoms with Gasteiger partial charge in [-0.15, -0.1) is 0 Å². The molecule has 4 aliphatic rings. The molecule has 1 spiro atoms. The Bertz CT molecular complexity index is 1150. The van der Waals surface area contributed by atoms with E-state index in [0.29, 0.717) is 26.1 Å². The standard InChI is InChI=1S/C30H39N3O5/c1-5-20(3)22(19-34)33-25-28(37)32(18-21-12-8-7-9-13-21)17-11-15-30(25)24(27(33)36)23-26(35)31(4)16-10-14-29(23,6-2)38-30/h7-15,20,22-25,34H,5-6,16-19H2,1-4H3/t20-,22-,23+,24-,25?,29-,30-/m0/s1. The van der Waals surface area contributed by atoms with Gasteiger partial charge in [0.25, 0.3) is 0 Å². The van der Waals surface area contributed by atoms with Crippen LogP contribution in [0.5, 0.6) is 0 Å². The van der Waals surface area contributed by atoms with Crippen LogP contribution < -0.4 is 0 Å². The van der Waals surface area contributed by atoms with Crippen molar-refractivity contribution in [2.24, 2.45) is 17.8 Å². The largest absolute Gasteiger partial charge is 0.394 e. The van der Waals surface area contributed by atoms with Crippen LogP contribution in [0.4, 0.5) is 0 Å². The molecule has 4 heterocycles. The van der Waals surface area contributed by atoms with Crippen molar-refractivity contribution < 1.29 is 24.2 Å². The third kappa shape index (κ3) is 3.83. The van der Waals surface area contributed by atoms with Crippen LogP contribution in [0, 0.1) is 17.8 Å². The van der Waals surface area contributed by atoms with Crippen LogP contribution in [-0.4, -0.2) is 87.6 Å². The Hall–Kier alpha value is -2.97. The predicted octanol–water partition coefficient (Wildman–Crippen LogP) is 2.38. The van der Waals surface area contributed by atoms with Gasteiger partial charge in [-0.05, 0) is 17.9 Å². The Morgan fingerprint density at radius 2 is 1.71 bits per heavy atom. The van der Waals surface area contributed by atoms with Gasteiger partial charge in [-0.1, -0.05) is 81.8 Å². The molecule has 0 bridgehead atoms. The minimum atomic E-state index is -1.31. The number of likely N-dealkylation sites (N-methyl/N-ethyl adjacent to an activating group) is 1. The van der Waals surface area contributed by atoms with Crippen molar-refractivity contribution in [1.82, 2.24) is 14.7 Å². The number of carbonyl (C=O) groups is 3. The number of rotatable bonds is 7. The van der Waals surface area contributed by atoms with E-state index in [1.807, 2.05) is 75.4 Å². The number of aliphatic hydroxyl groups is 1. The molecule has 0 aromatic heterocycles. The maximum Gasteiger partial charge on any atom is 0.249 e. The molecule has 5 rings (SSSR count). The van der Waals surface area contributed by atoms with E-state index in [1.54, 1.807) is 21.7 Å². The van der Waals surface area contributed by atoms with Crippen LogP contribution in [0.25, 0.3) is 0 Å². The topological polar surface area (TPSA) is 90.4 Å². The van der Waals surface area contributed by atoms with Crippen LogP contribution in [-0.2, 0) is 25.7 Å². The smallest absolute Gasteiger partial charge is 0.249 e. The number of ether oxygens (including phenoxy) is 1. The monoisotopic (exact) mass is 521 g/mol. The second-order valence-corrected chi connectivity index (χ2v) is 11.2. The number of carbonyl (C=O) groups excluding carboxylic acids is 3. The van der Waals surface area contributed by atoms with Gasteiger partial charge in [-0.3, -0.25) is 14.4 Å². The van der Waals surface area contributed by atoms with E-state index in [1.165, 1.54) is 0 Å². The maximum atomic E-state index is 14.5. The number of amides is 3. The summed E-state index contributed by atoms with van der Waals surface area (Å²) in [4.78, 5) is 47.8. The predicted molar refractivity (Wildman–Crippen MR) is 143 cm³/mol. The number of hydrogen-bond acceptors (Lipinski definition) is 5. The zero-order chi connectivity index (χ0) is 27.2. The molecular formula is C30H39N3O5. The first kappa shape index (κ1) is 26.6. The first-order valence-electron chi connectivity index (χ1n) is 13.8. The lowest BCUT2D eigenvalue weighted by Gasteiger charge is -2.42. The molecule has 204 valence electrons. The molecule has 7 atom stereocenters. The number of hydrogen-bond donors (Lipinski definition) is 1. The fourth-order valence-corrected chi connectivity index (χ4v) is 6.99. The van der Waals surface area contributed by atoms with Crippen molar-refractivity contribution in [3.05, 3.63) is 60.2 Å². The number of fused-ring (bicyclic) bond motifs is 2. The van der Waals surface area contributed by atoms with Crippen molar-refractivity contribution in [2.75, 3.05) is 26.7 Å². The highest BCUT2D eigenvalue weighted by Crippen LogP contribution is 2.59. The Morgan fingerprint density at radius 1 is 1.00 bits per heavy atom. The summed E-state index contributed by atoms with van der Waals surface area (Å²) in [7, 11) is 1.74. The van der Waals surface area contributed by atoms with Gasteiger partial charge in [0.1, 0.15) is 11.6 Å². The third-order valence-corrected chi connectivity index (χ3v) is 9.22. The molecule has 2 fully saturated rings. The molecule has 8 nitrogen and oxygen atoms in total. The molecule has 0 aliphatic carbocycles. The summed E-state index contributed by atoms with van der Waals surface area (Å²) in [6, 6.07) is 8.22. The highest BCUT2D eigenvalue weighted by atomic mass is 16.5. The third-order valence-electron chi connectivity index (χ3n) is 9.22. The first-order chi connectivity index (χ1) is 18.2. The minimum absolute atomic E-state index is 0.0502. The molecule has 1 aromatic carbocycles. The lowest BCUT2D eigenvalue weighted by Crippen LogP contribution is -2.59. The van der Waals surface area contributed by atoms with E-state index in [4.69, 9.17) is 4.74 Å². The molecule has 1 unspecified atom stereocenters. The Labute approximate surface area is 224 Å². The Morgan fingerprint density at radius 3 is 2.37 bits per heavy atom. The van der Waals surface area contributed by atoms with Crippen LogP contribution in [0.3, 0.4) is 0 Å². The Kier molecular flexibility index (Phi) is 6.99. The second-order valence-electron chi connectivity index (χ2n) is 11.2. The van der Waals surface area contributed by atoms with E-state index >= 15 is 0 Å². The second kappa shape index (κ2) is 9.97. The summed E-state index contributed by atoms with van der Waals surface area (Å²) >= 11 is 0. The fraction of sp³-hybridized carbons (Fsp3) is 0.567. The highest BCUT2D eigenvalue weighted by Gasteiger charge is 2.75. The van der Waals surface area contributed by atoms with Gasteiger partial charge in [0.15, 0.2) is 0 Å². The van der Waals surface area contributed by atoms with Crippen LogP contribution in [0.15, 0.2) is 54.6 Å². The summed E-state index contributed by atoms with van der Waals surface area (Å²) in [6.45, 7) is 6.88. The summed E-state index contributed by atoms with van der Waals surface area (Å²) < 4.78 is 6.96. The SMILES string of the molecule is CC[C@H](C)[C@H](CO)N1C(=O)[C@@H]2[C@@H]3C(=O)N(C)CC=C[C@]3(CC)O[C@@]23C=CCN(Cc2ccccc2)C(=O)C13. The van der Waals surface area contributed by atoms with Gasteiger partial charge >= 0.3 is 0 Å². The number of likely N-dealkylation sites (tertiary alicyclic amines) is 1. The van der Waals surface area contributed by atoms with Crippen LogP contribution >= 0.6 is 0 Å². The van der Waals surface area contributed by atoms with E-state index in [9.17, 15) is 19.5 Å². The molecule has 0 radical (unpaired) electrons. The highest BCUT2D eigenvalue weighted by molar-refractivity contribution is 6.00. The average molecular weight is 522 g/mol. The molecule has 2 saturated heterocycles. The van der Waals surface area contributed by atoms with Crippen molar-refractivity contribution in [1.29, 1.82) is 0 Å². The molecule has 1 N–H and O–H groups in total. The molecule has 4 aliphatic heterocycles. The van der Waals surface area contributed by atoms with Gasteiger partial charge in [0, 0.05) is 26.7 Å². The molecule has 0 saturated carbocycles. The number of nitrogens with zero attached hydrogens (tertiary/aromatic N) is 3. The quantitative estimate of drug-likeness (QED) is 0.557. The summed E-state index contributed by atoms with van der Waals surface area (Å²) in [5.74, 6) is -2.32. The molecule has 3 amide bonds.